The van der Waals surface area contributed by atoms with Crippen LogP contribution in [0.5, 0.6) is 5.88 Å². The Morgan fingerprint density at radius 2 is 1.70 bits per heavy atom. The summed E-state index contributed by atoms with van der Waals surface area (Å²) in [6.07, 6.45) is 0. The topological polar surface area (TPSA) is 204 Å². The minimum atomic E-state index is -3.83. The molecule has 14 nitrogen and oxygen atoms in total. The van der Waals surface area contributed by atoms with Gasteiger partial charge in [0.05, 0.1) is 17.2 Å². The first-order valence-electron chi connectivity index (χ1n) is 10.9. The lowest BCUT2D eigenvalue weighted by Crippen LogP contribution is -2.33. The number of azo groups is 1. The van der Waals surface area contributed by atoms with Crippen LogP contribution in [0, 0.1) is 11.3 Å². The number of methoxy groups -OCH3 is 1. The predicted molar refractivity (Wildman–Crippen MR) is 131 cm³/mol. The van der Waals surface area contributed by atoms with Crippen LogP contribution in [0.25, 0.3) is 0 Å². The largest absolute Gasteiger partial charge is 0.493 e. The third kappa shape index (κ3) is 7.93. The molecule has 0 unspecified atom stereocenters. The van der Waals surface area contributed by atoms with Gasteiger partial charge in [-0.25, -0.2) is 13.1 Å². The van der Waals surface area contributed by atoms with Gasteiger partial charge in [0.15, 0.2) is 5.69 Å². The van der Waals surface area contributed by atoms with Gasteiger partial charge in [0.2, 0.25) is 27.7 Å². The number of ether oxygens (including phenoxy) is 1. The molecule has 0 atom stereocenters. The highest BCUT2D eigenvalue weighted by molar-refractivity contribution is 7.89. The van der Waals surface area contributed by atoms with Gasteiger partial charge in [-0.3, -0.25) is 19.0 Å². The van der Waals surface area contributed by atoms with E-state index in [2.05, 4.69) is 25.6 Å². The van der Waals surface area contributed by atoms with Gasteiger partial charge >= 0.3 is 0 Å². The van der Waals surface area contributed by atoms with E-state index in [4.69, 9.17) is 4.74 Å². The second kappa shape index (κ2) is 13.3. The molecule has 0 bridgehead atoms. The predicted octanol–water partition coefficient (Wildman–Crippen LogP) is 0.538. The van der Waals surface area contributed by atoms with Gasteiger partial charge in [-0.1, -0.05) is 0 Å². The third-order valence-electron chi connectivity index (χ3n) is 4.83. The van der Waals surface area contributed by atoms with Crippen LogP contribution in [0.2, 0.25) is 0 Å². The smallest absolute Gasteiger partial charge is 0.281 e. The van der Waals surface area contributed by atoms with Crippen molar-refractivity contribution in [2.45, 2.75) is 31.9 Å². The first kappa shape index (κ1) is 29.1. The zero-order valence-corrected chi connectivity index (χ0v) is 21.3. The number of carbonyl (C=O) groups is 2. The fourth-order valence-electron chi connectivity index (χ4n) is 3.11. The number of pyridine rings is 1. The van der Waals surface area contributed by atoms with E-state index in [0.717, 1.165) is 4.57 Å². The average molecular weight is 534 g/mol. The Hall–Kier alpha value is -4.13. The number of nitrogens with one attached hydrogen (secondary N) is 3. The fourth-order valence-corrected chi connectivity index (χ4v) is 4.14. The Morgan fingerprint density at radius 1 is 1.08 bits per heavy atom. The molecule has 15 heteroatoms. The molecule has 4 N–H and O–H groups in total. The van der Waals surface area contributed by atoms with E-state index in [1.807, 2.05) is 6.07 Å². The molecular weight excluding hydrogens is 506 g/mol. The summed E-state index contributed by atoms with van der Waals surface area (Å²) < 4.78 is 33.1. The van der Waals surface area contributed by atoms with E-state index in [1.165, 1.54) is 45.2 Å². The van der Waals surface area contributed by atoms with Crippen molar-refractivity contribution >= 4 is 33.2 Å². The summed E-state index contributed by atoms with van der Waals surface area (Å²) in [5.41, 5.74) is -1.02. The van der Waals surface area contributed by atoms with Crippen molar-refractivity contribution in [2.24, 2.45) is 10.2 Å². The lowest BCUT2D eigenvalue weighted by molar-refractivity contribution is -0.119. The van der Waals surface area contributed by atoms with Crippen LogP contribution < -0.4 is 20.9 Å². The number of sulfonamides is 1. The summed E-state index contributed by atoms with van der Waals surface area (Å²) in [5.74, 6) is -1.21. The van der Waals surface area contributed by atoms with E-state index in [9.17, 15) is 33.2 Å². The number of carbonyl (C=O) groups excluding carboxylic acids is 2. The standard InChI is InChI=1S/C22H27N7O7S/c1-14(30)24-8-9-26-37(34,35)17-6-4-16(5-7-17)27-28-20-19(13-36-3)18(12-23)21(32)29(22(20)33)11-10-25-15(2)31/h4-7,26,32H,8-11,13H2,1-3H3,(H,24,30)(H,25,31). The van der Waals surface area contributed by atoms with Gasteiger partial charge in [-0.15, -0.1) is 5.11 Å². The number of aromatic nitrogens is 1. The van der Waals surface area contributed by atoms with Crippen LogP contribution >= 0.6 is 0 Å². The van der Waals surface area contributed by atoms with Gasteiger partial charge in [0.25, 0.3) is 5.56 Å². The van der Waals surface area contributed by atoms with Gasteiger partial charge in [-0.05, 0) is 24.3 Å². The normalized spacial score (nSPS) is 11.3. The summed E-state index contributed by atoms with van der Waals surface area (Å²) in [7, 11) is -2.50. The maximum Gasteiger partial charge on any atom is 0.281 e. The monoisotopic (exact) mass is 533 g/mol. The van der Waals surface area contributed by atoms with Crippen molar-refractivity contribution in [1.82, 2.24) is 19.9 Å². The maximum atomic E-state index is 13.1. The summed E-state index contributed by atoms with van der Waals surface area (Å²) in [6, 6.07) is 7.13. The van der Waals surface area contributed by atoms with E-state index >= 15 is 0 Å². The number of nitriles is 1. The molecule has 1 aromatic carbocycles. The third-order valence-corrected chi connectivity index (χ3v) is 6.30. The Kier molecular flexibility index (Phi) is 10.4. The minimum absolute atomic E-state index is 0.00193. The molecule has 2 amide bonds. The summed E-state index contributed by atoms with van der Waals surface area (Å²) in [5, 5.41) is 33.0. The number of benzene rings is 1. The number of nitrogens with zero attached hydrogens (tertiary/aromatic N) is 4. The van der Waals surface area contributed by atoms with Crippen molar-refractivity contribution in [2.75, 3.05) is 26.7 Å². The summed E-state index contributed by atoms with van der Waals surface area (Å²) >= 11 is 0. The van der Waals surface area contributed by atoms with Crippen LogP contribution in [-0.2, 0) is 37.5 Å². The molecule has 0 spiro atoms. The molecule has 37 heavy (non-hydrogen) atoms. The second-order valence-corrected chi connectivity index (χ2v) is 9.35. The second-order valence-electron chi connectivity index (χ2n) is 7.58. The average Bonchev–Trinajstić information content (AvgIpc) is 2.84. The van der Waals surface area contributed by atoms with Crippen molar-refractivity contribution in [3.8, 4) is 11.9 Å². The van der Waals surface area contributed by atoms with E-state index in [-0.39, 0.29) is 72.0 Å². The highest BCUT2D eigenvalue weighted by atomic mass is 32.2. The molecule has 1 heterocycles. The Morgan fingerprint density at radius 3 is 2.27 bits per heavy atom. The van der Waals surface area contributed by atoms with Crippen LogP contribution in [0.4, 0.5) is 11.4 Å². The number of aromatic hydroxyl groups is 1. The van der Waals surface area contributed by atoms with Gasteiger partial charge < -0.3 is 20.5 Å². The van der Waals surface area contributed by atoms with E-state index in [0.29, 0.717) is 0 Å². The van der Waals surface area contributed by atoms with Crippen molar-refractivity contribution in [3.05, 3.63) is 45.7 Å². The molecule has 0 saturated heterocycles. The lowest BCUT2D eigenvalue weighted by Gasteiger charge is -2.14. The Labute approximate surface area is 213 Å². The van der Waals surface area contributed by atoms with Crippen LogP contribution in [0.1, 0.15) is 25.0 Å². The summed E-state index contributed by atoms with van der Waals surface area (Å²) in [6.45, 7) is 2.42. The van der Waals surface area contributed by atoms with Crippen LogP contribution in [0.15, 0.2) is 44.2 Å². The van der Waals surface area contributed by atoms with Crippen molar-refractivity contribution < 1.29 is 27.9 Å². The summed E-state index contributed by atoms with van der Waals surface area (Å²) in [4.78, 5) is 35.0. The van der Waals surface area contributed by atoms with Gasteiger partial charge in [0, 0.05) is 52.7 Å². The van der Waals surface area contributed by atoms with Gasteiger partial charge in [-0.2, -0.15) is 10.4 Å². The first-order valence-corrected chi connectivity index (χ1v) is 12.4. The molecule has 0 fully saturated rings. The fraction of sp³-hybridized carbons (Fsp3) is 0.364. The minimum Gasteiger partial charge on any atom is -0.493 e. The lowest BCUT2D eigenvalue weighted by atomic mass is 10.1. The quantitative estimate of drug-likeness (QED) is 0.223. The molecule has 0 radical (unpaired) electrons. The molecule has 2 aromatic rings. The van der Waals surface area contributed by atoms with Crippen molar-refractivity contribution in [3.63, 3.8) is 0 Å². The first-order chi connectivity index (χ1) is 17.5. The number of hydrogen-bond donors (Lipinski definition) is 4. The molecule has 0 aliphatic heterocycles. The zero-order valence-electron chi connectivity index (χ0n) is 20.4. The van der Waals surface area contributed by atoms with Crippen molar-refractivity contribution in [1.29, 1.82) is 5.26 Å². The van der Waals surface area contributed by atoms with Crippen LogP contribution in [-0.4, -0.2) is 56.6 Å². The molecule has 0 aliphatic carbocycles. The molecule has 1 aromatic heterocycles. The Bertz CT molecular complexity index is 1380. The van der Waals surface area contributed by atoms with E-state index in [1.54, 1.807) is 0 Å². The molecule has 0 aliphatic rings. The number of rotatable bonds is 12. The molecule has 198 valence electrons. The molecule has 2 rings (SSSR count). The highest BCUT2D eigenvalue weighted by Gasteiger charge is 2.22. The zero-order chi connectivity index (χ0) is 27.6. The SMILES string of the molecule is COCc1c(C#N)c(O)n(CCNC(C)=O)c(=O)c1N=Nc1ccc(S(=O)(=O)NCCNC(C)=O)cc1. The van der Waals surface area contributed by atoms with Gasteiger partial charge in [0.1, 0.15) is 11.6 Å². The highest BCUT2D eigenvalue weighted by Crippen LogP contribution is 2.28. The maximum absolute atomic E-state index is 13.1. The number of hydrogen-bond acceptors (Lipinski definition) is 10. The van der Waals surface area contributed by atoms with Crippen LogP contribution in [0.3, 0.4) is 0 Å². The molecule has 0 saturated carbocycles. The number of amides is 2. The van der Waals surface area contributed by atoms with E-state index < -0.39 is 21.5 Å². The molecular formula is C22H27N7O7S. The Balaban J connectivity index is 2.36.